The molecule has 1 aromatic carbocycles. The molecule has 3 N–H and O–H groups in total. The summed E-state index contributed by atoms with van der Waals surface area (Å²) in [6.07, 6.45) is 4.96. The van der Waals surface area contributed by atoms with Gasteiger partial charge in [-0.2, -0.15) is 0 Å². The maximum Gasteiger partial charge on any atom is 0.189 e. The standard InChI is InChI=1S/C22H34N4O.HI/c1-22(2)19(18-9-6-14-27-20(18)22)25-21(23)24-17-10-12-26(13-11-17)15-16-7-4-3-5-8-16;/h3-5,7-8,17-20H,6,9-15H2,1-2H3,(H3,23,24,25);1H. The van der Waals surface area contributed by atoms with Gasteiger partial charge in [0.05, 0.1) is 12.1 Å². The third-order valence-corrected chi connectivity index (χ3v) is 6.74. The van der Waals surface area contributed by atoms with Gasteiger partial charge in [0.2, 0.25) is 0 Å². The van der Waals surface area contributed by atoms with Crippen LogP contribution in [0.3, 0.4) is 0 Å². The molecule has 3 unspecified atom stereocenters. The van der Waals surface area contributed by atoms with Crippen molar-refractivity contribution in [2.45, 2.75) is 64.3 Å². The van der Waals surface area contributed by atoms with Crippen molar-refractivity contribution in [2.24, 2.45) is 22.1 Å². The van der Waals surface area contributed by atoms with Gasteiger partial charge in [0, 0.05) is 43.6 Å². The van der Waals surface area contributed by atoms with E-state index in [0.717, 1.165) is 45.5 Å². The highest BCUT2D eigenvalue weighted by Gasteiger charge is 2.58. The molecule has 2 heterocycles. The van der Waals surface area contributed by atoms with E-state index in [4.69, 9.17) is 15.5 Å². The SMILES string of the molecule is CC1(C)C(N=C(N)NC2CCN(Cc3ccccc3)CC2)C2CCCOC21.I. The quantitative estimate of drug-likeness (QED) is 0.380. The number of nitrogens with zero attached hydrogens (tertiary/aromatic N) is 2. The molecule has 1 saturated carbocycles. The molecule has 3 aliphatic rings. The highest BCUT2D eigenvalue weighted by atomic mass is 127. The first-order chi connectivity index (χ1) is 13.0. The van der Waals surface area contributed by atoms with Crippen molar-refractivity contribution in [1.82, 2.24) is 10.2 Å². The fourth-order valence-electron chi connectivity index (χ4n) is 5.23. The summed E-state index contributed by atoms with van der Waals surface area (Å²) >= 11 is 0. The molecule has 5 nitrogen and oxygen atoms in total. The molecule has 0 amide bonds. The van der Waals surface area contributed by atoms with E-state index in [0.29, 0.717) is 24.0 Å². The molecule has 0 radical (unpaired) electrons. The van der Waals surface area contributed by atoms with Crippen molar-refractivity contribution in [3.05, 3.63) is 35.9 Å². The molecule has 156 valence electrons. The molecule has 1 aliphatic carbocycles. The van der Waals surface area contributed by atoms with Gasteiger partial charge < -0.3 is 15.8 Å². The largest absolute Gasteiger partial charge is 0.377 e. The second kappa shape index (κ2) is 9.30. The Morgan fingerprint density at radius 1 is 1.21 bits per heavy atom. The Bertz CT molecular complexity index is 658. The number of halogens is 1. The number of ether oxygens (including phenoxy) is 1. The highest BCUT2D eigenvalue weighted by Crippen LogP contribution is 2.52. The molecule has 2 aliphatic heterocycles. The fraction of sp³-hybridized carbons (Fsp3) is 0.682. The zero-order valence-electron chi connectivity index (χ0n) is 17.1. The zero-order valence-corrected chi connectivity index (χ0v) is 19.5. The second-order valence-electron chi connectivity index (χ2n) is 9.06. The van der Waals surface area contributed by atoms with E-state index in [2.05, 4.69) is 54.4 Å². The summed E-state index contributed by atoms with van der Waals surface area (Å²) in [7, 11) is 0. The predicted octanol–water partition coefficient (Wildman–Crippen LogP) is 3.38. The second-order valence-corrected chi connectivity index (χ2v) is 9.06. The molecule has 3 atom stereocenters. The van der Waals surface area contributed by atoms with Gasteiger partial charge >= 0.3 is 0 Å². The molecule has 0 aromatic heterocycles. The van der Waals surface area contributed by atoms with Crippen LogP contribution in [-0.2, 0) is 11.3 Å². The summed E-state index contributed by atoms with van der Waals surface area (Å²) < 4.78 is 5.98. The molecule has 28 heavy (non-hydrogen) atoms. The molecule has 6 heteroatoms. The van der Waals surface area contributed by atoms with Crippen molar-refractivity contribution in [3.63, 3.8) is 0 Å². The number of nitrogens with one attached hydrogen (secondary N) is 1. The maximum absolute atomic E-state index is 6.30. The molecule has 0 spiro atoms. The van der Waals surface area contributed by atoms with E-state index in [1.165, 1.54) is 12.0 Å². The van der Waals surface area contributed by atoms with Crippen molar-refractivity contribution in [2.75, 3.05) is 19.7 Å². The van der Waals surface area contributed by atoms with Gasteiger partial charge in [-0.25, -0.2) is 4.99 Å². The Morgan fingerprint density at radius 3 is 2.64 bits per heavy atom. The van der Waals surface area contributed by atoms with Crippen LogP contribution in [0.25, 0.3) is 0 Å². The third-order valence-electron chi connectivity index (χ3n) is 6.74. The smallest absolute Gasteiger partial charge is 0.189 e. The lowest BCUT2D eigenvalue weighted by molar-refractivity contribution is -0.182. The summed E-state index contributed by atoms with van der Waals surface area (Å²) in [6, 6.07) is 11.4. The van der Waals surface area contributed by atoms with Crippen LogP contribution in [0.2, 0.25) is 0 Å². The van der Waals surface area contributed by atoms with Crippen molar-refractivity contribution >= 4 is 29.9 Å². The third kappa shape index (κ3) is 4.65. The summed E-state index contributed by atoms with van der Waals surface area (Å²) in [5, 5.41) is 3.50. The molecule has 3 fully saturated rings. The Morgan fingerprint density at radius 2 is 1.93 bits per heavy atom. The lowest BCUT2D eigenvalue weighted by atomic mass is 9.55. The number of aliphatic imine (C=N–C) groups is 1. The Hall–Kier alpha value is -0.860. The van der Waals surface area contributed by atoms with E-state index in [9.17, 15) is 0 Å². The monoisotopic (exact) mass is 498 g/mol. The van der Waals surface area contributed by atoms with Gasteiger partial charge in [0.1, 0.15) is 0 Å². The van der Waals surface area contributed by atoms with Crippen LogP contribution in [0.5, 0.6) is 0 Å². The van der Waals surface area contributed by atoms with E-state index >= 15 is 0 Å². The first-order valence-electron chi connectivity index (χ1n) is 10.5. The van der Waals surface area contributed by atoms with Gasteiger partial charge in [-0.1, -0.05) is 44.2 Å². The molecule has 0 bridgehead atoms. The number of rotatable bonds is 4. The summed E-state index contributed by atoms with van der Waals surface area (Å²) in [5.41, 5.74) is 7.78. The number of benzene rings is 1. The van der Waals surface area contributed by atoms with Crippen LogP contribution in [-0.4, -0.2) is 48.7 Å². The van der Waals surface area contributed by atoms with Crippen LogP contribution < -0.4 is 11.1 Å². The molecular formula is C22H35IN4O. The average Bonchev–Trinajstić information content (AvgIpc) is 2.68. The number of piperidine rings is 1. The van der Waals surface area contributed by atoms with Crippen LogP contribution in [0, 0.1) is 11.3 Å². The summed E-state index contributed by atoms with van der Waals surface area (Å²) in [5.74, 6) is 1.17. The predicted molar refractivity (Wildman–Crippen MR) is 125 cm³/mol. The lowest BCUT2D eigenvalue weighted by Crippen LogP contribution is -2.64. The Labute approximate surface area is 186 Å². The fourth-order valence-corrected chi connectivity index (χ4v) is 5.23. The first-order valence-corrected chi connectivity index (χ1v) is 10.5. The first kappa shape index (κ1) is 21.8. The van der Waals surface area contributed by atoms with Crippen LogP contribution in [0.15, 0.2) is 35.3 Å². The Balaban J connectivity index is 0.00000225. The molecular weight excluding hydrogens is 463 g/mol. The average molecular weight is 498 g/mol. The van der Waals surface area contributed by atoms with Gasteiger partial charge in [0.15, 0.2) is 5.96 Å². The number of hydrogen-bond donors (Lipinski definition) is 2. The van der Waals surface area contributed by atoms with E-state index in [-0.39, 0.29) is 35.4 Å². The minimum atomic E-state index is 0. The van der Waals surface area contributed by atoms with Crippen LogP contribution in [0.1, 0.15) is 45.1 Å². The van der Waals surface area contributed by atoms with E-state index in [1.807, 2.05) is 0 Å². The van der Waals surface area contributed by atoms with Gasteiger partial charge in [0.25, 0.3) is 0 Å². The van der Waals surface area contributed by atoms with E-state index < -0.39 is 0 Å². The van der Waals surface area contributed by atoms with Crippen LogP contribution in [0.4, 0.5) is 0 Å². The van der Waals surface area contributed by atoms with Crippen LogP contribution >= 0.6 is 24.0 Å². The number of likely N-dealkylation sites (tertiary alicyclic amines) is 1. The Kier molecular flexibility index (Phi) is 7.26. The zero-order chi connectivity index (χ0) is 18.9. The molecule has 2 saturated heterocycles. The van der Waals surface area contributed by atoms with Crippen molar-refractivity contribution in [1.29, 1.82) is 0 Å². The van der Waals surface area contributed by atoms with Gasteiger partial charge in [-0.15, -0.1) is 24.0 Å². The van der Waals surface area contributed by atoms with E-state index in [1.54, 1.807) is 0 Å². The number of hydrogen-bond acceptors (Lipinski definition) is 3. The number of guanidine groups is 1. The van der Waals surface area contributed by atoms with Crippen molar-refractivity contribution < 1.29 is 4.74 Å². The summed E-state index contributed by atoms with van der Waals surface area (Å²) in [6.45, 7) is 8.68. The number of nitrogens with two attached hydrogens (primary N) is 1. The lowest BCUT2D eigenvalue weighted by Gasteiger charge is -2.58. The minimum Gasteiger partial charge on any atom is -0.377 e. The molecule has 4 rings (SSSR count). The van der Waals surface area contributed by atoms with Gasteiger partial charge in [-0.3, -0.25) is 4.90 Å². The van der Waals surface area contributed by atoms with Gasteiger partial charge in [-0.05, 0) is 31.2 Å². The van der Waals surface area contributed by atoms with Crippen molar-refractivity contribution in [3.8, 4) is 0 Å². The summed E-state index contributed by atoms with van der Waals surface area (Å²) in [4.78, 5) is 7.42. The maximum atomic E-state index is 6.30. The molecule has 1 aromatic rings. The topological polar surface area (TPSA) is 62.9 Å². The minimum absolute atomic E-state index is 0. The normalized spacial score (nSPS) is 30.6. The number of fused-ring (bicyclic) bond motifs is 1. The highest BCUT2D eigenvalue weighted by molar-refractivity contribution is 14.0.